The van der Waals surface area contributed by atoms with Crippen LogP contribution in [0.4, 0.5) is 0 Å². The van der Waals surface area contributed by atoms with Crippen molar-refractivity contribution in [2.24, 2.45) is 0 Å². The minimum atomic E-state index is -0.750. The zero-order valence-corrected chi connectivity index (χ0v) is 10.3. The largest absolute Gasteiger partial charge is 0.496 e. The number of carboxylic acids is 1. The van der Waals surface area contributed by atoms with E-state index in [4.69, 9.17) is 9.84 Å². The van der Waals surface area contributed by atoms with E-state index in [1.807, 2.05) is 31.3 Å². The van der Waals surface area contributed by atoms with Crippen molar-refractivity contribution < 1.29 is 14.6 Å². The summed E-state index contributed by atoms with van der Waals surface area (Å²) in [5, 5.41) is 11.8. The number of carboxylic acid groups (broad SMARTS) is 1. The Morgan fingerprint density at radius 2 is 2.18 bits per heavy atom. The van der Waals surface area contributed by atoms with Gasteiger partial charge in [-0.25, -0.2) is 0 Å². The molecule has 0 spiro atoms. The van der Waals surface area contributed by atoms with Gasteiger partial charge in [-0.1, -0.05) is 18.2 Å². The summed E-state index contributed by atoms with van der Waals surface area (Å²) in [5.74, 6) is 0.0852. The second kappa shape index (κ2) is 6.91. The molecule has 0 aliphatic carbocycles. The van der Waals surface area contributed by atoms with Crippen LogP contribution in [0.25, 0.3) is 0 Å². The third kappa shape index (κ3) is 4.07. The maximum Gasteiger partial charge on any atom is 0.303 e. The van der Waals surface area contributed by atoms with Crippen molar-refractivity contribution in [1.29, 1.82) is 0 Å². The molecule has 0 bridgehead atoms. The van der Waals surface area contributed by atoms with Gasteiger partial charge in [-0.05, 0) is 26.0 Å². The lowest BCUT2D eigenvalue weighted by Crippen LogP contribution is -2.17. The lowest BCUT2D eigenvalue weighted by atomic mass is 10.00. The molecule has 4 nitrogen and oxygen atoms in total. The molecule has 0 fully saturated rings. The number of para-hydroxylation sites is 1. The number of rotatable bonds is 7. The maximum absolute atomic E-state index is 10.5. The highest BCUT2D eigenvalue weighted by atomic mass is 16.5. The topological polar surface area (TPSA) is 58.6 Å². The van der Waals surface area contributed by atoms with Crippen molar-refractivity contribution >= 4 is 5.97 Å². The molecule has 0 aliphatic heterocycles. The highest BCUT2D eigenvalue weighted by Crippen LogP contribution is 2.27. The number of methoxy groups -OCH3 is 1. The van der Waals surface area contributed by atoms with Gasteiger partial charge in [0.1, 0.15) is 5.75 Å². The molecule has 1 rings (SSSR count). The number of ether oxygens (including phenoxy) is 1. The summed E-state index contributed by atoms with van der Waals surface area (Å²) >= 11 is 0. The van der Waals surface area contributed by atoms with E-state index < -0.39 is 5.97 Å². The van der Waals surface area contributed by atoms with Crippen molar-refractivity contribution in [2.75, 3.05) is 14.2 Å². The standard InChI is InChI=1S/C13H19NO3/c1-14-11(7-5-9-13(15)16)10-6-3-4-8-12(10)17-2/h3-4,6,8,11,14H,5,7,9H2,1-2H3,(H,15,16). The van der Waals surface area contributed by atoms with Crippen LogP contribution in [0.3, 0.4) is 0 Å². The van der Waals surface area contributed by atoms with Gasteiger partial charge in [-0.15, -0.1) is 0 Å². The smallest absolute Gasteiger partial charge is 0.303 e. The van der Waals surface area contributed by atoms with E-state index in [0.29, 0.717) is 6.42 Å². The molecule has 2 N–H and O–H groups in total. The van der Waals surface area contributed by atoms with Gasteiger partial charge in [0, 0.05) is 18.0 Å². The molecule has 0 heterocycles. The summed E-state index contributed by atoms with van der Waals surface area (Å²) in [4.78, 5) is 10.5. The average Bonchev–Trinajstić information content (AvgIpc) is 2.34. The summed E-state index contributed by atoms with van der Waals surface area (Å²) in [7, 11) is 3.51. The van der Waals surface area contributed by atoms with E-state index >= 15 is 0 Å². The van der Waals surface area contributed by atoms with Gasteiger partial charge in [0.15, 0.2) is 0 Å². The molecule has 0 saturated carbocycles. The van der Waals surface area contributed by atoms with Gasteiger partial charge in [0.25, 0.3) is 0 Å². The summed E-state index contributed by atoms with van der Waals surface area (Å²) in [6.45, 7) is 0. The number of benzene rings is 1. The van der Waals surface area contributed by atoms with Crippen LogP contribution in [-0.2, 0) is 4.79 Å². The van der Waals surface area contributed by atoms with E-state index in [2.05, 4.69) is 5.32 Å². The minimum Gasteiger partial charge on any atom is -0.496 e. The van der Waals surface area contributed by atoms with Gasteiger partial charge in [0.05, 0.1) is 7.11 Å². The van der Waals surface area contributed by atoms with E-state index in [0.717, 1.165) is 17.7 Å². The number of nitrogens with one attached hydrogen (secondary N) is 1. The van der Waals surface area contributed by atoms with Gasteiger partial charge in [-0.3, -0.25) is 4.79 Å². The van der Waals surface area contributed by atoms with Crippen LogP contribution in [0.1, 0.15) is 30.9 Å². The van der Waals surface area contributed by atoms with Crippen molar-refractivity contribution in [3.63, 3.8) is 0 Å². The van der Waals surface area contributed by atoms with Crippen LogP contribution in [0.5, 0.6) is 5.75 Å². The van der Waals surface area contributed by atoms with Crippen LogP contribution >= 0.6 is 0 Å². The van der Waals surface area contributed by atoms with E-state index in [9.17, 15) is 4.79 Å². The van der Waals surface area contributed by atoms with Gasteiger partial charge in [-0.2, -0.15) is 0 Å². The van der Waals surface area contributed by atoms with E-state index in [1.165, 1.54) is 0 Å². The van der Waals surface area contributed by atoms with Crippen molar-refractivity contribution in [2.45, 2.75) is 25.3 Å². The molecule has 1 unspecified atom stereocenters. The molecule has 0 aliphatic rings. The van der Waals surface area contributed by atoms with Crippen LogP contribution in [-0.4, -0.2) is 25.2 Å². The Morgan fingerprint density at radius 1 is 1.47 bits per heavy atom. The first kappa shape index (κ1) is 13.5. The average molecular weight is 237 g/mol. The highest BCUT2D eigenvalue weighted by molar-refractivity contribution is 5.66. The highest BCUT2D eigenvalue weighted by Gasteiger charge is 2.13. The van der Waals surface area contributed by atoms with Crippen molar-refractivity contribution in [1.82, 2.24) is 5.32 Å². The SMILES string of the molecule is CNC(CCCC(=O)O)c1ccccc1OC. The molecular weight excluding hydrogens is 218 g/mol. The fourth-order valence-electron chi connectivity index (χ4n) is 1.87. The van der Waals surface area contributed by atoms with E-state index in [1.54, 1.807) is 7.11 Å². The minimum absolute atomic E-state index is 0.130. The monoisotopic (exact) mass is 237 g/mol. The Balaban J connectivity index is 2.68. The zero-order valence-electron chi connectivity index (χ0n) is 10.3. The van der Waals surface area contributed by atoms with Gasteiger partial charge < -0.3 is 15.2 Å². The first-order valence-corrected chi connectivity index (χ1v) is 5.71. The third-order valence-electron chi connectivity index (χ3n) is 2.75. The predicted octanol–water partition coefficient (Wildman–Crippen LogP) is 2.21. The molecule has 0 saturated heterocycles. The van der Waals surface area contributed by atoms with Crippen molar-refractivity contribution in [3.05, 3.63) is 29.8 Å². The molecule has 17 heavy (non-hydrogen) atoms. The Labute approximate surface area is 102 Å². The fourth-order valence-corrected chi connectivity index (χ4v) is 1.87. The molecule has 1 atom stereocenters. The van der Waals surface area contributed by atoms with Crippen LogP contribution in [0.15, 0.2) is 24.3 Å². The van der Waals surface area contributed by atoms with Crippen molar-refractivity contribution in [3.8, 4) is 5.75 Å². The first-order valence-electron chi connectivity index (χ1n) is 5.71. The lowest BCUT2D eigenvalue weighted by Gasteiger charge is -2.18. The van der Waals surface area contributed by atoms with Gasteiger partial charge in [0.2, 0.25) is 0 Å². The molecule has 0 radical (unpaired) electrons. The molecule has 1 aromatic carbocycles. The van der Waals surface area contributed by atoms with Crippen LogP contribution < -0.4 is 10.1 Å². The second-order valence-electron chi connectivity index (χ2n) is 3.87. The normalized spacial score (nSPS) is 12.1. The number of aliphatic carboxylic acids is 1. The molecule has 0 aromatic heterocycles. The third-order valence-corrected chi connectivity index (χ3v) is 2.75. The lowest BCUT2D eigenvalue weighted by molar-refractivity contribution is -0.137. The summed E-state index contributed by atoms with van der Waals surface area (Å²) in [6.07, 6.45) is 1.63. The number of hydrogen-bond acceptors (Lipinski definition) is 3. The summed E-state index contributed by atoms with van der Waals surface area (Å²) < 4.78 is 5.30. The Hall–Kier alpha value is -1.55. The summed E-state index contributed by atoms with van der Waals surface area (Å²) in [6, 6.07) is 7.93. The molecular formula is C13H19NO3. The van der Waals surface area contributed by atoms with E-state index in [-0.39, 0.29) is 12.5 Å². The Kier molecular flexibility index (Phi) is 5.49. The predicted molar refractivity (Wildman–Crippen MR) is 66.3 cm³/mol. The Bertz CT molecular complexity index is 365. The zero-order chi connectivity index (χ0) is 12.7. The van der Waals surface area contributed by atoms with Gasteiger partial charge >= 0.3 is 5.97 Å². The molecule has 4 heteroatoms. The van der Waals surface area contributed by atoms with Crippen LogP contribution in [0.2, 0.25) is 0 Å². The van der Waals surface area contributed by atoms with Crippen LogP contribution in [0, 0.1) is 0 Å². The number of hydrogen-bond donors (Lipinski definition) is 2. The summed E-state index contributed by atoms with van der Waals surface area (Å²) in [5.41, 5.74) is 1.07. The number of carbonyl (C=O) groups is 1. The molecule has 1 aromatic rings. The fraction of sp³-hybridized carbons (Fsp3) is 0.462. The molecule has 94 valence electrons. The first-order chi connectivity index (χ1) is 8.19. The maximum atomic E-state index is 10.5. The second-order valence-corrected chi connectivity index (χ2v) is 3.87. The molecule has 0 amide bonds. The quantitative estimate of drug-likeness (QED) is 0.763. The Morgan fingerprint density at radius 3 is 2.76 bits per heavy atom.